The molecular formula is C12H16BrN3O. The highest BCUT2D eigenvalue weighted by atomic mass is 79.9. The van der Waals surface area contributed by atoms with Crippen LogP contribution in [0.3, 0.4) is 0 Å². The van der Waals surface area contributed by atoms with Gasteiger partial charge in [-0.15, -0.1) is 0 Å². The number of nitrogens with zero attached hydrogens (tertiary/aromatic N) is 1. The van der Waals surface area contributed by atoms with E-state index in [1.807, 2.05) is 19.1 Å². The van der Waals surface area contributed by atoms with Crippen molar-refractivity contribution in [3.05, 3.63) is 22.4 Å². The largest absolute Gasteiger partial charge is 0.323 e. The van der Waals surface area contributed by atoms with Crippen LogP contribution in [0.1, 0.15) is 25.0 Å². The number of rotatable bonds is 2. The molecule has 17 heavy (non-hydrogen) atoms. The molecule has 1 aromatic heterocycles. The van der Waals surface area contributed by atoms with Gasteiger partial charge in [-0.25, -0.2) is 4.98 Å². The van der Waals surface area contributed by atoms with Crippen molar-refractivity contribution in [2.45, 2.75) is 32.2 Å². The van der Waals surface area contributed by atoms with Gasteiger partial charge in [-0.1, -0.05) is 6.42 Å². The summed E-state index contributed by atoms with van der Waals surface area (Å²) < 4.78 is 0.781. The third-order valence-electron chi connectivity index (χ3n) is 2.94. The van der Waals surface area contributed by atoms with E-state index in [0.29, 0.717) is 0 Å². The number of carbonyl (C=O) groups is 1. The minimum absolute atomic E-state index is 0.0388. The number of hydrogen-bond acceptors (Lipinski definition) is 3. The van der Waals surface area contributed by atoms with Gasteiger partial charge < -0.3 is 10.6 Å². The van der Waals surface area contributed by atoms with Crippen molar-refractivity contribution in [1.29, 1.82) is 0 Å². The second kappa shape index (κ2) is 5.60. The molecule has 1 aliphatic rings. The van der Waals surface area contributed by atoms with E-state index in [1.165, 1.54) is 0 Å². The van der Waals surface area contributed by atoms with Gasteiger partial charge >= 0.3 is 0 Å². The highest BCUT2D eigenvalue weighted by molar-refractivity contribution is 9.10. The van der Waals surface area contributed by atoms with Gasteiger partial charge in [0.25, 0.3) is 0 Å². The fourth-order valence-corrected chi connectivity index (χ4v) is 2.36. The lowest BCUT2D eigenvalue weighted by Gasteiger charge is -2.22. The van der Waals surface area contributed by atoms with Crippen molar-refractivity contribution in [1.82, 2.24) is 10.3 Å². The molecule has 5 heteroatoms. The van der Waals surface area contributed by atoms with Crippen LogP contribution in [0.15, 0.2) is 16.7 Å². The average molecular weight is 298 g/mol. The number of nitrogens with one attached hydrogen (secondary N) is 2. The minimum Gasteiger partial charge on any atom is -0.323 e. The van der Waals surface area contributed by atoms with Gasteiger partial charge in [0, 0.05) is 0 Å². The molecule has 2 rings (SSSR count). The van der Waals surface area contributed by atoms with E-state index in [2.05, 4.69) is 31.5 Å². The number of amides is 1. The number of aromatic nitrogens is 1. The van der Waals surface area contributed by atoms with Gasteiger partial charge in [0.2, 0.25) is 5.91 Å². The summed E-state index contributed by atoms with van der Waals surface area (Å²) in [6.45, 7) is 2.81. The zero-order valence-corrected chi connectivity index (χ0v) is 11.4. The van der Waals surface area contributed by atoms with E-state index < -0.39 is 0 Å². The van der Waals surface area contributed by atoms with Gasteiger partial charge in [0.05, 0.1) is 17.4 Å². The third kappa shape index (κ3) is 3.26. The third-order valence-corrected chi connectivity index (χ3v) is 3.38. The fourth-order valence-electron chi connectivity index (χ4n) is 1.96. The summed E-state index contributed by atoms with van der Waals surface area (Å²) in [6, 6.07) is 3.64. The molecule has 2 N–H and O–H groups in total. The van der Waals surface area contributed by atoms with Gasteiger partial charge in [-0.2, -0.15) is 0 Å². The quantitative estimate of drug-likeness (QED) is 0.823. The van der Waals surface area contributed by atoms with Gasteiger partial charge in [-0.3, -0.25) is 4.79 Å². The predicted molar refractivity (Wildman–Crippen MR) is 70.9 cm³/mol. The summed E-state index contributed by atoms with van der Waals surface area (Å²) in [7, 11) is 0. The molecule has 2 heterocycles. The molecular weight excluding hydrogens is 282 g/mol. The van der Waals surface area contributed by atoms with Crippen LogP contribution in [0, 0.1) is 6.92 Å². The molecule has 4 nitrogen and oxygen atoms in total. The lowest BCUT2D eigenvalue weighted by Crippen LogP contribution is -2.43. The van der Waals surface area contributed by atoms with Crippen molar-refractivity contribution in [3.63, 3.8) is 0 Å². The average Bonchev–Trinajstić information content (AvgIpc) is 2.34. The minimum atomic E-state index is -0.0632. The molecule has 0 spiro atoms. The Kier molecular flexibility index (Phi) is 4.12. The van der Waals surface area contributed by atoms with Crippen LogP contribution < -0.4 is 10.6 Å². The van der Waals surface area contributed by atoms with E-state index in [1.54, 1.807) is 0 Å². The molecule has 92 valence electrons. The highest BCUT2D eigenvalue weighted by Crippen LogP contribution is 2.17. The van der Waals surface area contributed by atoms with Crippen molar-refractivity contribution >= 4 is 27.5 Å². The summed E-state index contributed by atoms with van der Waals surface area (Å²) in [5.74, 6) is 0.0388. The van der Waals surface area contributed by atoms with Gasteiger partial charge in [0.15, 0.2) is 0 Å². The first kappa shape index (κ1) is 12.5. The molecule has 0 aliphatic carbocycles. The van der Waals surface area contributed by atoms with Crippen molar-refractivity contribution < 1.29 is 4.79 Å². The van der Waals surface area contributed by atoms with Crippen molar-refractivity contribution in [2.24, 2.45) is 0 Å². The Labute approximate surface area is 109 Å². The number of carbonyl (C=O) groups excluding carboxylic acids is 1. The standard InChI is InChI=1S/C12H16BrN3O/c1-8-9(5-6-11(13)15-8)16-12(17)10-4-2-3-7-14-10/h5-6,10,14H,2-4,7H2,1H3,(H,16,17)/t10-/m1/s1. The van der Waals surface area contributed by atoms with Crippen LogP contribution >= 0.6 is 15.9 Å². The van der Waals surface area contributed by atoms with E-state index >= 15 is 0 Å². The molecule has 0 unspecified atom stereocenters. The van der Waals surface area contributed by atoms with E-state index in [-0.39, 0.29) is 11.9 Å². The zero-order valence-electron chi connectivity index (χ0n) is 9.79. The Balaban J connectivity index is 2.02. The summed E-state index contributed by atoms with van der Waals surface area (Å²) in [4.78, 5) is 16.2. The fraction of sp³-hybridized carbons (Fsp3) is 0.500. The normalized spacial score (nSPS) is 20.0. The maximum atomic E-state index is 12.0. The maximum absolute atomic E-state index is 12.0. The molecule has 0 saturated carbocycles. The van der Waals surface area contributed by atoms with Crippen LogP contribution in [0.4, 0.5) is 5.69 Å². The van der Waals surface area contributed by atoms with Crippen LogP contribution in [-0.2, 0) is 4.79 Å². The monoisotopic (exact) mass is 297 g/mol. The SMILES string of the molecule is Cc1nc(Br)ccc1NC(=O)[C@H]1CCCCN1. The smallest absolute Gasteiger partial charge is 0.241 e. The van der Waals surface area contributed by atoms with E-state index in [4.69, 9.17) is 0 Å². The van der Waals surface area contributed by atoms with Crippen LogP contribution in [0.5, 0.6) is 0 Å². The molecule has 0 aromatic carbocycles. The number of anilines is 1. The molecule has 1 aromatic rings. The van der Waals surface area contributed by atoms with Crippen molar-refractivity contribution in [3.8, 4) is 0 Å². The lowest BCUT2D eigenvalue weighted by atomic mass is 10.0. The Hall–Kier alpha value is -0.940. The van der Waals surface area contributed by atoms with Gasteiger partial charge in [-0.05, 0) is 54.4 Å². The number of aryl methyl sites for hydroxylation is 1. The number of halogens is 1. The Morgan fingerprint density at radius 1 is 1.53 bits per heavy atom. The van der Waals surface area contributed by atoms with Gasteiger partial charge in [0.1, 0.15) is 4.60 Å². The Morgan fingerprint density at radius 3 is 3.00 bits per heavy atom. The maximum Gasteiger partial charge on any atom is 0.241 e. The molecule has 0 radical (unpaired) electrons. The van der Waals surface area contributed by atoms with E-state index in [9.17, 15) is 4.79 Å². The molecule has 1 fully saturated rings. The predicted octanol–water partition coefficient (Wildman–Crippen LogP) is 2.23. The first-order valence-electron chi connectivity index (χ1n) is 5.84. The molecule has 0 bridgehead atoms. The highest BCUT2D eigenvalue weighted by Gasteiger charge is 2.20. The molecule has 1 amide bonds. The zero-order chi connectivity index (χ0) is 12.3. The molecule has 1 atom stereocenters. The Bertz CT molecular complexity index is 416. The number of hydrogen-bond donors (Lipinski definition) is 2. The molecule has 1 aliphatic heterocycles. The van der Waals surface area contributed by atoms with Crippen LogP contribution in [0.2, 0.25) is 0 Å². The topological polar surface area (TPSA) is 54.0 Å². The van der Waals surface area contributed by atoms with E-state index in [0.717, 1.165) is 41.8 Å². The Morgan fingerprint density at radius 2 is 2.35 bits per heavy atom. The lowest BCUT2D eigenvalue weighted by molar-refractivity contribution is -0.118. The molecule has 1 saturated heterocycles. The van der Waals surface area contributed by atoms with Crippen LogP contribution in [0.25, 0.3) is 0 Å². The number of piperidine rings is 1. The first-order chi connectivity index (χ1) is 8.16. The van der Waals surface area contributed by atoms with Crippen molar-refractivity contribution in [2.75, 3.05) is 11.9 Å². The second-order valence-corrected chi connectivity index (χ2v) is 5.07. The summed E-state index contributed by atoms with van der Waals surface area (Å²) in [5.41, 5.74) is 1.61. The summed E-state index contributed by atoms with van der Waals surface area (Å²) in [6.07, 6.45) is 3.18. The van der Waals surface area contributed by atoms with Crippen LogP contribution in [-0.4, -0.2) is 23.5 Å². The summed E-state index contributed by atoms with van der Waals surface area (Å²) >= 11 is 3.30. The first-order valence-corrected chi connectivity index (χ1v) is 6.63. The number of pyridine rings is 1. The second-order valence-electron chi connectivity index (χ2n) is 4.26. The summed E-state index contributed by atoms with van der Waals surface area (Å²) in [5, 5.41) is 6.15.